The summed E-state index contributed by atoms with van der Waals surface area (Å²) in [5, 5.41) is 0. The van der Waals surface area contributed by atoms with Crippen LogP contribution in [0.3, 0.4) is 0 Å². The summed E-state index contributed by atoms with van der Waals surface area (Å²) in [5.74, 6) is 0. The maximum Gasteiger partial charge on any atom is 0.179 e. The first-order valence-corrected chi connectivity index (χ1v) is 6.65. The van der Waals surface area contributed by atoms with Crippen molar-refractivity contribution in [2.75, 3.05) is 13.1 Å². The van der Waals surface area contributed by atoms with Crippen molar-refractivity contribution in [2.45, 2.75) is 25.9 Å². The molecule has 2 heterocycles. The van der Waals surface area contributed by atoms with E-state index in [-0.39, 0.29) is 0 Å². The van der Waals surface area contributed by atoms with Crippen molar-refractivity contribution in [2.24, 2.45) is 0 Å². The number of benzene rings is 1. The molecule has 90 valence electrons. The maximum absolute atomic E-state index is 5.40. The van der Waals surface area contributed by atoms with Crippen LogP contribution in [0.4, 0.5) is 0 Å². The Morgan fingerprint density at radius 2 is 1.88 bits per heavy atom. The summed E-state index contributed by atoms with van der Waals surface area (Å²) in [6, 6.07) is 8.32. The van der Waals surface area contributed by atoms with Crippen molar-refractivity contribution in [3.8, 4) is 0 Å². The zero-order chi connectivity index (χ0) is 11.7. The lowest BCUT2D eigenvalue weighted by atomic mass is 10.1. The molecule has 1 aromatic carbocycles. The highest BCUT2D eigenvalue weighted by atomic mass is 32.1. The molecule has 2 aromatic rings. The smallest absolute Gasteiger partial charge is 0.179 e. The Kier molecular flexibility index (Phi) is 2.99. The molecular formula is C13H17N3S. The van der Waals surface area contributed by atoms with Gasteiger partial charge in [0.25, 0.3) is 0 Å². The van der Waals surface area contributed by atoms with Crippen LogP contribution < -0.4 is 0 Å². The van der Waals surface area contributed by atoms with Crippen LogP contribution in [0.25, 0.3) is 11.0 Å². The fourth-order valence-corrected chi connectivity index (χ4v) is 2.81. The lowest BCUT2D eigenvalue weighted by Crippen LogP contribution is -2.31. The van der Waals surface area contributed by atoms with E-state index < -0.39 is 0 Å². The van der Waals surface area contributed by atoms with E-state index in [2.05, 4.69) is 32.7 Å². The Balaban J connectivity index is 1.93. The lowest BCUT2D eigenvalue weighted by molar-refractivity contribution is 0.184. The first-order valence-electron chi connectivity index (χ1n) is 6.24. The number of nitrogens with zero attached hydrogens (tertiary/aromatic N) is 2. The third-order valence-electron chi connectivity index (χ3n) is 3.47. The number of piperidine rings is 1. The van der Waals surface area contributed by atoms with E-state index in [9.17, 15) is 0 Å². The Bertz CT molecular complexity index is 563. The SMILES string of the molecule is S=c1[nH]c2ccccc2n1CN1CCCCC1. The third kappa shape index (κ3) is 2.15. The first-order chi connectivity index (χ1) is 8.34. The standard InChI is InChI=1S/C13H17N3S/c17-13-14-11-6-2-3-7-12(11)16(13)10-15-8-4-1-5-9-15/h2-3,6-7H,1,4-5,8-10H2,(H,14,17). The van der Waals surface area contributed by atoms with E-state index in [1.807, 2.05) is 6.07 Å². The van der Waals surface area contributed by atoms with Gasteiger partial charge in [-0.2, -0.15) is 0 Å². The molecule has 17 heavy (non-hydrogen) atoms. The van der Waals surface area contributed by atoms with Gasteiger partial charge in [-0.15, -0.1) is 0 Å². The summed E-state index contributed by atoms with van der Waals surface area (Å²) >= 11 is 5.40. The van der Waals surface area contributed by atoms with Gasteiger partial charge < -0.3 is 9.55 Å². The predicted octanol–water partition coefficient (Wildman–Crippen LogP) is 3.14. The highest BCUT2D eigenvalue weighted by molar-refractivity contribution is 7.71. The number of para-hydroxylation sites is 2. The van der Waals surface area contributed by atoms with E-state index in [4.69, 9.17) is 12.2 Å². The number of H-pyrrole nitrogens is 1. The van der Waals surface area contributed by atoms with Crippen molar-refractivity contribution >= 4 is 23.3 Å². The summed E-state index contributed by atoms with van der Waals surface area (Å²) in [7, 11) is 0. The van der Waals surface area contributed by atoms with Gasteiger partial charge in [0.05, 0.1) is 17.7 Å². The highest BCUT2D eigenvalue weighted by Gasteiger charge is 2.12. The molecule has 0 atom stereocenters. The van der Waals surface area contributed by atoms with Gasteiger partial charge in [-0.25, -0.2) is 0 Å². The molecular weight excluding hydrogens is 230 g/mol. The van der Waals surface area contributed by atoms with Crippen LogP contribution in [0.15, 0.2) is 24.3 Å². The molecule has 0 saturated carbocycles. The summed E-state index contributed by atoms with van der Waals surface area (Å²) in [5.41, 5.74) is 2.34. The third-order valence-corrected chi connectivity index (χ3v) is 3.79. The van der Waals surface area contributed by atoms with Crippen molar-refractivity contribution in [1.82, 2.24) is 14.5 Å². The van der Waals surface area contributed by atoms with Crippen LogP contribution in [0.5, 0.6) is 0 Å². The average molecular weight is 247 g/mol. The molecule has 1 saturated heterocycles. The molecule has 1 fully saturated rings. The van der Waals surface area contributed by atoms with Crippen molar-refractivity contribution in [3.63, 3.8) is 0 Å². The Labute approximate surface area is 106 Å². The van der Waals surface area contributed by atoms with E-state index in [1.54, 1.807) is 0 Å². The summed E-state index contributed by atoms with van der Waals surface area (Å²) in [4.78, 5) is 5.75. The van der Waals surface area contributed by atoms with Crippen molar-refractivity contribution in [1.29, 1.82) is 0 Å². The number of rotatable bonds is 2. The monoisotopic (exact) mass is 247 g/mol. The van der Waals surface area contributed by atoms with Crippen molar-refractivity contribution < 1.29 is 0 Å². The topological polar surface area (TPSA) is 24.0 Å². The van der Waals surface area contributed by atoms with E-state index >= 15 is 0 Å². The van der Waals surface area contributed by atoms with E-state index in [0.717, 1.165) is 17.0 Å². The molecule has 0 radical (unpaired) electrons. The Hall–Kier alpha value is -1.13. The largest absolute Gasteiger partial charge is 0.331 e. The van der Waals surface area contributed by atoms with Crippen LogP contribution in [0, 0.1) is 4.77 Å². The van der Waals surface area contributed by atoms with E-state index in [0.29, 0.717) is 0 Å². The minimum absolute atomic E-state index is 0.830. The highest BCUT2D eigenvalue weighted by Crippen LogP contribution is 2.16. The van der Waals surface area contributed by atoms with Gasteiger partial charge >= 0.3 is 0 Å². The number of aromatic nitrogens is 2. The zero-order valence-electron chi connectivity index (χ0n) is 9.85. The molecule has 0 bridgehead atoms. The van der Waals surface area contributed by atoms with Gasteiger partial charge in [0.2, 0.25) is 0 Å². The fraction of sp³-hybridized carbons (Fsp3) is 0.462. The fourth-order valence-electron chi connectivity index (χ4n) is 2.55. The number of aromatic amines is 1. The molecule has 1 aliphatic rings. The van der Waals surface area contributed by atoms with Gasteiger partial charge in [-0.1, -0.05) is 18.6 Å². The molecule has 1 aliphatic heterocycles. The normalized spacial score (nSPS) is 17.6. The minimum atomic E-state index is 0.830. The number of fused-ring (bicyclic) bond motifs is 1. The first kappa shape index (κ1) is 11.0. The molecule has 0 spiro atoms. The number of imidazole rings is 1. The second-order valence-electron chi connectivity index (χ2n) is 4.70. The quantitative estimate of drug-likeness (QED) is 0.824. The number of likely N-dealkylation sites (tertiary alicyclic amines) is 1. The number of nitrogens with one attached hydrogen (secondary N) is 1. The second-order valence-corrected chi connectivity index (χ2v) is 5.08. The predicted molar refractivity (Wildman–Crippen MR) is 72.5 cm³/mol. The van der Waals surface area contributed by atoms with Crippen molar-refractivity contribution in [3.05, 3.63) is 29.0 Å². The summed E-state index contributed by atoms with van der Waals surface area (Å²) in [6.45, 7) is 3.31. The number of hydrogen-bond donors (Lipinski definition) is 1. The molecule has 1 N–H and O–H groups in total. The molecule has 3 rings (SSSR count). The van der Waals surface area contributed by atoms with Gasteiger partial charge in [0.1, 0.15) is 0 Å². The molecule has 0 unspecified atom stereocenters. The van der Waals surface area contributed by atoms with Gasteiger partial charge in [0.15, 0.2) is 4.77 Å². The van der Waals surface area contributed by atoms with Crippen LogP contribution in [-0.4, -0.2) is 27.5 Å². The molecule has 4 heteroatoms. The second kappa shape index (κ2) is 4.63. The van der Waals surface area contributed by atoms with Gasteiger partial charge in [0, 0.05) is 0 Å². The lowest BCUT2D eigenvalue weighted by Gasteiger charge is -2.26. The molecule has 1 aromatic heterocycles. The van der Waals surface area contributed by atoms with Crippen LogP contribution >= 0.6 is 12.2 Å². The van der Waals surface area contributed by atoms with Gasteiger partial charge in [-0.3, -0.25) is 4.90 Å². The van der Waals surface area contributed by atoms with E-state index in [1.165, 1.54) is 37.9 Å². The molecule has 0 amide bonds. The summed E-state index contributed by atoms with van der Waals surface area (Å²) in [6.07, 6.45) is 4.00. The molecule has 0 aliphatic carbocycles. The number of hydrogen-bond acceptors (Lipinski definition) is 2. The average Bonchev–Trinajstić information content (AvgIpc) is 2.68. The minimum Gasteiger partial charge on any atom is -0.331 e. The Morgan fingerprint density at radius 1 is 1.12 bits per heavy atom. The summed E-state index contributed by atoms with van der Waals surface area (Å²) < 4.78 is 3.03. The zero-order valence-corrected chi connectivity index (χ0v) is 10.7. The van der Waals surface area contributed by atoms with Crippen LogP contribution in [0.2, 0.25) is 0 Å². The Morgan fingerprint density at radius 3 is 2.71 bits per heavy atom. The molecule has 3 nitrogen and oxygen atoms in total. The van der Waals surface area contributed by atoms with Crippen LogP contribution in [-0.2, 0) is 6.67 Å². The maximum atomic E-state index is 5.40. The van der Waals surface area contributed by atoms with Crippen LogP contribution in [0.1, 0.15) is 19.3 Å². The van der Waals surface area contributed by atoms with Gasteiger partial charge in [-0.05, 0) is 50.3 Å².